The molecule has 3 nitrogen and oxygen atoms in total. The molecule has 13 heavy (non-hydrogen) atoms. The van der Waals surface area contributed by atoms with Gasteiger partial charge in [-0.3, -0.25) is 9.69 Å². The lowest BCUT2D eigenvalue weighted by Gasteiger charge is -2.37. The molecule has 1 fully saturated rings. The number of rotatable bonds is 2. The van der Waals surface area contributed by atoms with Crippen LogP contribution in [0.25, 0.3) is 0 Å². The molecule has 1 saturated heterocycles. The van der Waals surface area contributed by atoms with E-state index in [0.29, 0.717) is 5.92 Å². The van der Waals surface area contributed by atoms with Crippen molar-refractivity contribution in [3.8, 4) is 0 Å². The Morgan fingerprint density at radius 1 is 1.46 bits per heavy atom. The molecule has 1 heterocycles. The topological polar surface area (TPSA) is 46.3 Å². The summed E-state index contributed by atoms with van der Waals surface area (Å²) < 4.78 is 0. The lowest BCUT2D eigenvalue weighted by atomic mass is 9.88. The van der Waals surface area contributed by atoms with E-state index >= 15 is 0 Å². The minimum Gasteiger partial charge on any atom is -0.368 e. The molecule has 0 saturated carbocycles. The predicted octanol–water partition coefficient (Wildman–Crippen LogP) is 0.838. The molecule has 0 aliphatic carbocycles. The van der Waals surface area contributed by atoms with Gasteiger partial charge in [0, 0.05) is 6.54 Å². The second-order valence-electron chi connectivity index (χ2n) is 4.32. The summed E-state index contributed by atoms with van der Waals surface area (Å²) in [6, 6.07) is -0.102. The largest absolute Gasteiger partial charge is 0.368 e. The molecule has 3 atom stereocenters. The molecule has 0 aromatic carbocycles. The van der Waals surface area contributed by atoms with Gasteiger partial charge in [0.1, 0.15) is 0 Å². The van der Waals surface area contributed by atoms with Crippen molar-refractivity contribution >= 4 is 5.91 Å². The van der Waals surface area contributed by atoms with Gasteiger partial charge in [-0.15, -0.1) is 0 Å². The minimum atomic E-state index is -0.207. The molecule has 1 amide bonds. The van der Waals surface area contributed by atoms with Gasteiger partial charge in [-0.1, -0.05) is 13.8 Å². The number of primary amides is 1. The molecule has 1 aliphatic rings. The van der Waals surface area contributed by atoms with E-state index in [4.69, 9.17) is 5.73 Å². The molecular formula is C10H20N2O. The van der Waals surface area contributed by atoms with Crippen molar-refractivity contribution in [3.63, 3.8) is 0 Å². The van der Waals surface area contributed by atoms with Gasteiger partial charge in [0.05, 0.1) is 6.04 Å². The van der Waals surface area contributed by atoms with Crippen LogP contribution >= 0.6 is 0 Å². The Morgan fingerprint density at radius 2 is 2.08 bits per heavy atom. The zero-order valence-electron chi connectivity index (χ0n) is 8.79. The second-order valence-corrected chi connectivity index (χ2v) is 4.32. The summed E-state index contributed by atoms with van der Waals surface area (Å²) in [6.07, 6.45) is 1.18. The number of amides is 1. The molecule has 0 bridgehead atoms. The summed E-state index contributed by atoms with van der Waals surface area (Å²) >= 11 is 0. The minimum absolute atomic E-state index is 0.102. The van der Waals surface area contributed by atoms with E-state index in [1.165, 1.54) is 6.42 Å². The number of hydrogen-bond acceptors (Lipinski definition) is 2. The van der Waals surface area contributed by atoms with Crippen molar-refractivity contribution in [2.24, 2.45) is 17.6 Å². The first-order valence-corrected chi connectivity index (χ1v) is 5.05. The van der Waals surface area contributed by atoms with Gasteiger partial charge >= 0.3 is 0 Å². The van der Waals surface area contributed by atoms with E-state index in [1.54, 1.807) is 0 Å². The standard InChI is InChI=1S/C10H20N2O/c1-7-4-5-12(6-8(7)2)9(3)10(11)13/h7-9H,4-6H2,1-3H3,(H2,11,13). The number of carbonyl (C=O) groups is 1. The third kappa shape index (κ3) is 2.44. The molecule has 0 radical (unpaired) electrons. The van der Waals surface area contributed by atoms with E-state index in [0.717, 1.165) is 19.0 Å². The van der Waals surface area contributed by atoms with Crippen molar-refractivity contribution in [2.45, 2.75) is 33.2 Å². The average molecular weight is 184 g/mol. The number of piperidine rings is 1. The highest BCUT2D eigenvalue weighted by Gasteiger charge is 2.27. The Kier molecular flexibility index (Phi) is 3.31. The fraction of sp³-hybridized carbons (Fsp3) is 0.900. The normalized spacial score (nSPS) is 32.8. The fourth-order valence-corrected chi connectivity index (χ4v) is 1.83. The summed E-state index contributed by atoms with van der Waals surface area (Å²) in [5.74, 6) is 1.24. The van der Waals surface area contributed by atoms with Crippen molar-refractivity contribution in [2.75, 3.05) is 13.1 Å². The van der Waals surface area contributed by atoms with E-state index < -0.39 is 0 Å². The van der Waals surface area contributed by atoms with Crippen LogP contribution in [0.4, 0.5) is 0 Å². The summed E-state index contributed by atoms with van der Waals surface area (Å²) in [6.45, 7) is 8.42. The molecule has 76 valence electrons. The molecule has 3 unspecified atom stereocenters. The fourth-order valence-electron chi connectivity index (χ4n) is 1.83. The summed E-state index contributed by atoms with van der Waals surface area (Å²) in [5, 5.41) is 0. The maximum atomic E-state index is 11.0. The zero-order chi connectivity index (χ0) is 10.0. The van der Waals surface area contributed by atoms with Gasteiger partial charge in [0.25, 0.3) is 0 Å². The van der Waals surface area contributed by atoms with Crippen LogP contribution in [0.2, 0.25) is 0 Å². The highest BCUT2D eigenvalue weighted by molar-refractivity contribution is 5.79. The Bertz CT molecular complexity index is 193. The van der Waals surface area contributed by atoms with Crippen LogP contribution in [0.3, 0.4) is 0 Å². The lowest BCUT2D eigenvalue weighted by Crippen LogP contribution is -2.48. The predicted molar refractivity (Wildman–Crippen MR) is 53.2 cm³/mol. The highest BCUT2D eigenvalue weighted by atomic mass is 16.1. The van der Waals surface area contributed by atoms with Crippen LogP contribution in [0, 0.1) is 11.8 Å². The van der Waals surface area contributed by atoms with Crippen LogP contribution in [-0.2, 0) is 4.79 Å². The molecule has 3 heteroatoms. The maximum Gasteiger partial charge on any atom is 0.234 e. The quantitative estimate of drug-likeness (QED) is 0.691. The van der Waals surface area contributed by atoms with Crippen LogP contribution in [0.15, 0.2) is 0 Å². The monoisotopic (exact) mass is 184 g/mol. The Hall–Kier alpha value is -0.570. The molecule has 1 rings (SSSR count). The van der Waals surface area contributed by atoms with Gasteiger partial charge in [-0.05, 0) is 31.7 Å². The van der Waals surface area contributed by atoms with Crippen LogP contribution in [0.5, 0.6) is 0 Å². The van der Waals surface area contributed by atoms with Crippen molar-refractivity contribution < 1.29 is 4.79 Å². The summed E-state index contributed by atoms with van der Waals surface area (Å²) in [7, 11) is 0. The van der Waals surface area contributed by atoms with E-state index in [-0.39, 0.29) is 11.9 Å². The van der Waals surface area contributed by atoms with Gasteiger partial charge in [0.2, 0.25) is 5.91 Å². The van der Waals surface area contributed by atoms with Crippen LogP contribution < -0.4 is 5.73 Å². The second kappa shape index (κ2) is 4.09. The third-order valence-electron chi connectivity index (χ3n) is 3.33. The van der Waals surface area contributed by atoms with E-state index in [2.05, 4.69) is 18.7 Å². The van der Waals surface area contributed by atoms with Crippen molar-refractivity contribution in [1.82, 2.24) is 4.90 Å². The highest BCUT2D eigenvalue weighted by Crippen LogP contribution is 2.23. The first-order chi connectivity index (χ1) is 6.02. The van der Waals surface area contributed by atoms with Crippen molar-refractivity contribution in [3.05, 3.63) is 0 Å². The van der Waals surface area contributed by atoms with E-state index in [1.807, 2.05) is 6.92 Å². The molecule has 1 aliphatic heterocycles. The van der Waals surface area contributed by atoms with Crippen LogP contribution in [-0.4, -0.2) is 29.9 Å². The Labute approximate surface area is 80.3 Å². The Balaban J connectivity index is 2.50. The number of hydrogen-bond donors (Lipinski definition) is 1. The average Bonchev–Trinajstić information content (AvgIpc) is 2.08. The van der Waals surface area contributed by atoms with Gasteiger partial charge < -0.3 is 5.73 Å². The smallest absolute Gasteiger partial charge is 0.234 e. The first kappa shape index (κ1) is 10.5. The Morgan fingerprint density at radius 3 is 2.54 bits per heavy atom. The van der Waals surface area contributed by atoms with Crippen LogP contribution in [0.1, 0.15) is 27.2 Å². The SMILES string of the molecule is CC1CCN(C(C)C(N)=O)CC1C. The molecule has 0 aromatic rings. The zero-order valence-corrected chi connectivity index (χ0v) is 8.79. The third-order valence-corrected chi connectivity index (χ3v) is 3.33. The molecule has 0 aromatic heterocycles. The van der Waals surface area contributed by atoms with Gasteiger partial charge in [-0.25, -0.2) is 0 Å². The number of nitrogens with two attached hydrogens (primary N) is 1. The van der Waals surface area contributed by atoms with Gasteiger partial charge in [0.15, 0.2) is 0 Å². The van der Waals surface area contributed by atoms with Crippen molar-refractivity contribution in [1.29, 1.82) is 0 Å². The molecule has 2 N–H and O–H groups in total. The number of carbonyl (C=O) groups excluding carboxylic acids is 1. The maximum absolute atomic E-state index is 11.0. The van der Waals surface area contributed by atoms with Gasteiger partial charge in [-0.2, -0.15) is 0 Å². The lowest BCUT2D eigenvalue weighted by molar-refractivity contribution is -0.123. The number of nitrogens with zero attached hydrogens (tertiary/aromatic N) is 1. The molecular weight excluding hydrogens is 164 g/mol. The summed E-state index contributed by atoms with van der Waals surface area (Å²) in [5.41, 5.74) is 5.27. The summed E-state index contributed by atoms with van der Waals surface area (Å²) in [4.78, 5) is 13.2. The molecule has 0 spiro atoms. The van der Waals surface area contributed by atoms with E-state index in [9.17, 15) is 4.79 Å². The first-order valence-electron chi connectivity index (χ1n) is 5.05. The number of likely N-dealkylation sites (tertiary alicyclic amines) is 1.